The number of rotatable bonds is 6. The van der Waals surface area contributed by atoms with Crippen LogP contribution >= 0.6 is 0 Å². The van der Waals surface area contributed by atoms with E-state index in [1.807, 2.05) is 37.3 Å². The summed E-state index contributed by atoms with van der Waals surface area (Å²) < 4.78 is 4.52. The number of ether oxygens (including phenoxy) is 1. The molecular weight excluding hydrogens is 330 g/mol. The molecule has 0 heterocycles. The minimum atomic E-state index is -0.728. The smallest absolute Gasteiger partial charge is 0.350 e. The van der Waals surface area contributed by atoms with Crippen LogP contribution in [0.2, 0.25) is 0 Å². The maximum atomic E-state index is 12.8. The number of carbonyl (C=O) groups excluding carboxylic acids is 2. The molecule has 2 aromatic carbocycles. The molecule has 1 amide bonds. The number of hydrogen-bond acceptors (Lipinski definition) is 5. The fourth-order valence-electron chi connectivity index (χ4n) is 2.35. The molecule has 2 aromatic rings. The molecule has 6 nitrogen and oxygen atoms in total. The Morgan fingerprint density at radius 3 is 2.54 bits per heavy atom. The van der Waals surface area contributed by atoms with Crippen LogP contribution < -0.4 is 10.2 Å². The van der Waals surface area contributed by atoms with Gasteiger partial charge in [0, 0.05) is 29.7 Å². The van der Waals surface area contributed by atoms with E-state index >= 15 is 0 Å². The van der Waals surface area contributed by atoms with Crippen molar-refractivity contribution in [2.24, 2.45) is 0 Å². The average molecular weight is 349 g/mol. The molecule has 0 saturated heterocycles. The first kappa shape index (κ1) is 18.7. The van der Waals surface area contributed by atoms with Gasteiger partial charge in [-0.3, -0.25) is 4.79 Å². The van der Waals surface area contributed by atoms with Gasteiger partial charge in [0.25, 0.3) is 5.91 Å². The molecular formula is C20H19N3O3. The molecule has 0 aliphatic rings. The van der Waals surface area contributed by atoms with E-state index < -0.39 is 5.97 Å². The predicted octanol–water partition coefficient (Wildman–Crippen LogP) is 3.35. The van der Waals surface area contributed by atoms with Gasteiger partial charge in [-0.15, -0.1) is 0 Å². The van der Waals surface area contributed by atoms with Crippen molar-refractivity contribution in [1.82, 2.24) is 0 Å². The van der Waals surface area contributed by atoms with Gasteiger partial charge in [0.05, 0.1) is 7.11 Å². The normalized spacial score (nSPS) is 10.6. The Kier molecular flexibility index (Phi) is 6.52. The van der Waals surface area contributed by atoms with E-state index in [2.05, 4.69) is 10.1 Å². The Balaban J connectivity index is 2.23. The lowest BCUT2D eigenvalue weighted by atomic mass is 10.1. The summed E-state index contributed by atoms with van der Waals surface area (Å²) in [5, 5.41) is 11.8. The zero-order valence-electron chi connectivity index (χ0n) is 14.6. The first-order valence-corrected chi connectivity index (χ1v) is 8.02. The molecule has 0 atom stereocenters. The van der Waals surface area contributed by atoms with E-state index in [-0.39, 0.29) is 11.5 Å². The van der Waals surface area contributed by atoms with E-state index in [0.717, 1.165) is 5.69 Å². The van der Waals surface area contributed by atoms with Crippen LogP contribution in [-0.2, 0) is 9.53 Å². The maximum absolute atomic E-state index is 12.8. The third-order valence-corrected chi connectivity index (χ3v) is 3.65. The van der Waals surface area contributed by atoms with Gasteiger partial charge in [-0.25, -0.2) is 4.79 Å². The second-order valence-electron chi connectivity index (χ2n) is 5.27. The van der Waals surface area contributed by atoms with Crippen molar-refractivity contribution in [3.05, 3.63) is 71.9 Å². The number of para-hydroxylation sites is 1. The molecule has 0 spiro atoms. The fourth-order valence-corrected chi connectivity index (χ4v) is 2.35. The number of nitrogens with zero attached hydrogens (tertiary/aromatic N) is 2. The standard InChI is InChI=1S/C20H19N3O3/c1-3-23(18-10-5-4-6-11-18)19(24)15-8-7-9-17(12-15)22-14-16(13-21)20(25)26-2/h4-12,14,22H,3H2,1-2H3/b16-14+. The number of carbonyl (C=O) groups is 2. The first-order valence-electron chi connectivity index (χ1n) is 8.02. The quantitative estimate of drug-likeness (QED) is 0.491. The third-order valence-electron chi connectivity index (χ3n) is 3.65. The number of esters is 1. The molecule has 0 unspecified atom stereocenters. The molecule has 0 radical (unpaired) electrons. The van der Waals surface area contributed by atoms with Gasteiger partial charge >= 0.3 is 5.97 Å². The highest BCUT2D eigenvalue weighted by Gasteiger charge is 2.16. The zero-order valence-corrected chi connectivity index (χ0v) is 14.6. The van der Waals surface area contributed by atoms with Gasteiger partial charge in [0.1, 0.15) is 6.07 Å². The van der Waals surface area contributed by atoms with E-state index in [1.54, 1.807) is 35.2 Å². The Morgan fingerprint density at radius 1 is 1.19 bits per heavy atom. The van der Waals surface area contributed by atoms with Crippen LogP contribution in [0.15, 0.2) is 66.4 Å². The Labute approximate surface area is 152 Å². The number of methoxy groups -OCH3 is 1. The largest absolute Gasteiger partial charge is 0.465 e. The first-order chi connectivity index (χ1) is 12.6. The summed E-state index contributed by atoms with van der Waals surface area (Å²) in [5.41, 5.74) is 1.72. The Bertz CT molecular complexity index is 854. The summed E-state index contributed by atoms with van der Waals surface area (Å²) in [6, 6.07) is 18.0. The van der Waals surface area contributed by atoms with Gasteiger partial charge in [-0.05, 0) is 37.3 Å². The second-order valence-corrected chi connectivity index (χ2v) is 5.27. The summed E-state index contributed by atoms with van der Waals surface area (Å²) in [7, 11) is 1.20. The van der Waals surface area contributed by atoms with Gasteiger partial charge in [0.15, 0.2) is 5.57 Å². The number of benzene rings is 2. The van der Waals surface area contributed by atoms with E-state index in [0.29, 0.717) is 17.8 Å². The number of amides is 1. The molecule has 0 aliphatic heterocycles. The highest BCUT2D eigenvalue weighted by Crippen LogP contribution is 2.19. The lowest BCUT2D eigenvalue weighted by Gasteiger charge is -2.21. The Morgan fingerprint density at radius 2 is 1.92 bits per heavy atom. The van der Waals surface area contributed by atoms with Crippen LogP contribution in [0, 0.1) is 11.3 Å². The average Bonchev–Trinajstić information content (AvgIpc) is 2.69. The highest BCUT2D eigenvalue weighted by atomic mass is 16.5. The minimum absolute atomic E-state index is 0.139. The lowest BCUT2D eigenvalue weighted by Crippen LogP contribution is -2.30. The Hall–Kier alpha value is -3.59. The molecule has 26 heavy (non-hydrogen) atoms. The second kappa shape index (κ2) is 9.04. The van der Waals surface area contributed by atoms with Crippen molar-refractivity contribution >= 4 is 23.3 Å². The molecule has 2 rings (SSSR count). The monoisotopic (exact) mass is 349 g/mol. The minimum Gasteiger partial charge on any atom is -0.465 e. The van der Waals surface area contributed by atoms with Crippen LogP contribution in [0.25, 0.3) is 0 Å². The predicted molar refractivity (Wildman–Crippen MR) is 99.6 cm³/mol. The molecule has 1 N–H and O–H groups in total. The van der Waals surface area contributed by atoms with Crippen molar-refractivity contribution < 1.29 is 14.3 Å². The van der Waals surface area contributed by atoms with Crippen LogP contribution in [0.5, 0.6) is 0 Å². The molecule has 6 heteroatoms. The topological polar surface area (TPSA) is 82.4 Å². The number of anilines is 2. The van der Waals surface area contributed by atoms with Crippen LogP contribution in [0.3, 0.4) is 0 Å². The number of hydrogen-bond donors (Lipinski definition) is 1. The summed E-state index contributed by atoms with van der Waals surface area (Å²) in [5.74, 6) is -0.867. The molecule has 0 aliphatic carbocycles. The summed E-state index contributed by atoms with van der Waals surface area (Å²) >= 11 is 0. The number of nitriles is 1. The van der Waals surface area contributed by atoms with Crippen LogP contribution in [0.4, 0.5) is 11.4 Å². The lowest BCUT2D eigenvalue weighted by molar-refractivity contribution is -0.135. The molecule has 0 saturated carbocycles. The van der Waals surface area contributed by atoms with E-state index in [9.17, 15) is 9.59 Å². The molecule has 132 valence electrons. The van der Waals surface area contributed by atoms with E-state index in [1.165, 1.54) is 13.3 Å². The van der Waals surface area contributed by atoms with Crippen molar-refractivity contribution in [3.8, 4) is 6.07 Å². The maximum Gasteiger partial charge on any atom is 0.350 e. The zero-order chi connectivity index (χ0) is 18.9. The van der Waals surface area contributed by atoms with Crippen molar-refractivity contribution in [3.63, 3.8) is 0 Å². The third kappa shape index (κ3) is 4.48. The summed E-state index contributed by atoms with van der Waals surface area (Å²) in [6.07, 6.45) is 1.25. The van der Waals surface area contributed by atoms with Gasteiger partial charge in [-0.1, -0.05) is 24.3 Å². The molecule has 0 aromatic heterocycles. The summed E-state index contributed by atoms with van der Waals surface area (Å²) in [6.45, 7) is 2.44. The van der Waals surface area contributed by atoms with Gasteiger partial charge < -0.3 is 15.0 Å². The highest BCUT2D eigenvalue weighted by molar-refractivity contribution is 6.06. The van der Waals surface area contributed by atoms with Crippen molar-refractivity contribution in [2.75, 3.05) is 23.9 Å². The fraction of sp³-hybridized carbons (Fsp3) is 0.150. The van der Waals surface area contributed by atoms with Gasteiger partial charge in [-0.2, -0.15) is 5.26 Å². The van der Waals surface area contributed by atoms with Crippen LogP contribution in [0.1, 0.15) is 17.3 Å². The van der Waals surface area contributed by atoms with Crippen molar-refractivity contribution in [1.29, 1.82) is 5.26 Å². The van der Waals surface area contributed by atoms with E-state index in [4.69, 9.17) is 5.26 Å². The molecule has 0 fully saturated rings. The number of nitrogens with one attached hydrogen (secondary N) is 1. The SMILES string of the molecule is CCN(C(=O)c1cccc(N/C=C(\C#N)C(=O)OC)c1)c1ccccc1. The molecule has 0 bridgehead atoms. The van der Waals surface area contributed by atoms with Crippen LogP contribution in [-0.4, -0.2) is 25.5 Å². The summed E-state index contributed by atoms with van der Waals surface area (Å²) in [4.78, 5) is 25.9. The van der Waals surface area contributed by atoms with Gasteiger partial charge in [0.2, 0.25) is 0 Å². The van der Waals surface area contributed by atoms with Crippen molar-refractivity contribution in [2.45, 2.75) is 6.92 Å².